The summed E-state index contributed by atoms with van der Waals surface area (Å²) in [6.45, 7) is 0.488. The average molecular weight is 349 g/mol. The molecule has 2 heterocycles. The van der Waals surface area contributed by atoms with E-state index in [0.29, 0.717) is 23.2 Å². The number of rotatable bonds is 4. The minimum absolute atomic E-state index is 0.0462. The molecule has 0 saturated carbocycles. The molecule has 0 bridgehead atoms. The molecule has 124 valence electrons. The number of amidine groups is 1. The topological polar surface area (TPSA) is 58.2 Å². The highest BCUT2D eigenvalue weighted by molar-refractivity contribution is 8.15. The maximum absolute atomic E-state index is 12.3. The SMILES string of the molecule is O=C1CS/C(=N\N=C\c2ccco2)N1Cc1cccc2ccccc12. The van der Waals surface area contributed by atoms with E-state index in [9.17, 15) is 4.79 Å². The molecule has 6 heteroatoms. The predicted octanol–water partition coefficient (Wildman–Crippen LogP) is 3.90. The first-order valence-electron chi connectivity index (χ1n) is 7.85. The normalized spacial score (nSPS) is 16.6. The third-order valence-electron chi connectivity index (χ3n) is 3.94. The lowest BCUT2D eigenvalue weighted by molar-refractivity contribution is -0.124. The van der Waals surface area contributed by atoms with E-state index in [2.05, 4.69) is 28.4 Å². The van der Waals surface area contributed by atoms with Gasteiger partial charge in [0.15, 0.2) is 5.17 Å². The van der Waals surface area contributed by atoms with E-state index in [1.165, 1.54) is 18.0 Å². The molecule has 1 saturated heterocycles. The van der Waals surface area contributed by atoms with E-state index in [1.807, 2.05) is 24.3 Å². The summed E-state index contributed by atoms with van der Waals surface area (Å²) in [7, 11) is 0. The summed E-state index contributed by atoms with van der Waals surface area (Å²) >= 11 is 1.40. The highest BCUT2D eigenvalue weighted by Gasteiger charge is 2.28. The van der Waals surface area contributed by atoms with E-state index in [0.717, 1.165) is 16.3 Å². The lowest BCUT2D eigenvalue weighted by Gasteiger charge is -2.16. The van der Waals surface area contributed by atoms with Gasteiger partial charge in [0.2, 0.25) is 5.91 Å². The van der Waals surface area contributed by atoms with Crippen molar-refractivity contribution in [2.75, 3.05) is 5.75 Å². The molecule has 1 aliphatic rings. The second-order valence-corrected chi connectivity index (χ2v) is 6.49. The first-order chi connectivity index (χ1) is 12.3. The van der Waals surface area contributed by atoms with Gasteiger partial charge in [-0.3, -0.25) is 9.69 Å². The Morgan fingerprint density at radius 1 is 1.12 bits per heavy atom. The Labute approximate surface area is 149 Å². The van der Waals surface area contributed by atoms with Crippen LogP contribution in [0.2, 0.25) is 0 Å². The fourth-order valence-electron chi connectivity index (χ4n) is 2.73. The van der Waals surface area contributed by atoms with Crippen molar-refractivity contribution in [3.8, 4) is 0 Å². The van der Waals surface area contributed by atoms with Gasteiger partial charge in [-0.15, -0.1) is 5.10 Å². The van der Waals surface area contributed by atoms with Crippen LogP contribution in [0.4, 0.5) is 0 Å². The summed E-state index contributed by atoms with van der Waals surface area (Å²) in [5.74, 6) is 1.06. The fourth-order valence-corrected chi connectivity index (χ4v) is 3.56. The summed E-state index contributed by atoms with van der Waals surface area (Å²) in [5, 5.41) is 11.2. The van der Waals surface area contributed by atoms with Crippen LogP contribution in [0.3, 0.4) is 0 Å². The number of hydrogen-bond donors (Lipinski definition) is 0. The molecule has 3 aromatic rings. The molecular weight excluding hydrogens is 334 g/mol. The van der Waals surface area contributed by atoms with E-state index in [4.69, 9.17) is 4.42 Å². The standard InChI is InChI=1S/C19H15N3O2S/c23-18-13-25-19(21-20-11-16-8-4-10-24-16)22(18)12-15-7-3-6-14-5-1-2-9-17(14)15/h1-11H,12-13H2/b20-11+,21-19-. The van der Waals surface area contributed by atoms with Gasteiger partial charge in [-0.25, -0.2) is 0 Å². The molecule has 25 heavy (non-hydrogen) atoms. The molecular formula is C19H15N3O2S. The maximum atomic E-state index is 12.3. The van der Waals surface area contributed by atoms with Crippen molar-refractivity contribution < 1.29 is 9.21 Å². The molecule has 1 amide bonds. The second-order valence-electron chi connectivity index (χ2n) is 5.55. The van der Waals surface area contributed by atoms with Crippen LogP contribution in [0.15, 0.2) is 75.5 Å². The second kappa shape index (κ2) is 6.94. The lowest BCUT2D eigenvalue weighted by Crippen LogP contribution is -2.28. The summed E-state index contributed by atoms with van der Waals surface area (Å²) < 4.78 is 5.18. The Bertz CT molecular complexity index is 958. The molecule has 0 atom stereocenters. The zero-order valence-corrected chi connectivity index (χ0v) is 14.1. The van der Waals surface area contributed by atoms with Crippen molar-refractivity contribution in [1.82, 2.24) is 4.90 Å². The predicted molar refractivity (Wildman–Crippen MR) is 101 cm³/mol. The maximum Gasteiger partial charge on any atom is 0.239 e. The van der Waals surface area contributed by atoms with Crippen LogP contribution in [0.1, 0.15) is 11.3 Å². The highest BCUT2D eigenvalue weighted by Crippen LogP contribution is 2.25. The monoisotopic (exact) mass is 349 g/mol. The van der Waals surface area contributed by atoms with Gasteiger partial charge in [-0.05, 0) is 28.5 Å². The molecule has 0 radical (unpaired) electrons. The van der Waals surface area contributed by atoms with E-state index >= 15 is 0 Å². The molecule has 1 fully saturated rings. The summed E-state index contributed by atoms with van der Waals surface area (Å²) in [6.07, 6.45) is 3.11. The minimum Gasteiger partial charge on any atom is -0.463 e. The molecule has 0 N–H and O–H groups in total. The molecule has 2 aromatic carbocycles. The first-order valence-corrected chi connectivity index (χ1v) is 8.84. The van der Waals surface area contributed by atoms with Gasteiger partial charge in [0.1, 0.15) is 5.76 Å². The van der Waals surface area contributed by atoms with Crippen molar-refractivity contribution in [2.45, 2.75) is 6.54 Å². The highest BCUT2D eigenvalue weighted by atomic mass is 32.2. The third-order valence-corrected chi connectivity index (χ3v) is 4.89. The van der Waals surface area contributed by atoms with Crippen molar-refractivity contribution >= 4 is 39.8 Å². The average Bonchev–Trinajstić information content (AvgIpc) is 3.27. The third kappa shape index (κ3) is 3.34. The summed E-state index contributed by atoms with van der Waals surface area (Å²) in [6, 6.07) is 17.9. The molecule has 1 aromatic heterocycles. The number of carbonyl (C=O) groups is 1. The van der Waals surface area contributed by atoms with Gasteiger partial charge in [-0.2, -0.15) is 5.10 Å². The molecule has 0 unspecified atom stereocenters. The number of thioether (sulfide) groups is 1. The molecule has 0 spiro atoms. The van der Waals surface area contributed by atoms with Gasteiger partial charge < -0.3 is 4.42 Å². The quantitative estimate of drug-likeness (QED) is 0.530. The number of carbonyl (C=O) groups excluding carboxylic acids is 1. The van der Waals surface area contributed by atoms with Crippen molar-refractivity contribution in [3.63, 3.8) is 0 Å². The summed E-state index contributed by atoms with van der Waals surface area (Å²) in [5.41, 5.74) is 1.09. The number of nitrogens with zero attached hydrogens (tertiary/aromatic N) is 3. The molecule has 1 aliphatic heterocycles. The smallest absolute Gasteiger partial charge is 0.239 e. The number of furan rings is 1. The Balaban J connectivity index is 1.60. The van der Waals surface area contributed by atoms with Gasteiger partial charge in [0.05, 0.1) is 24.8 Å². The van der Waals surface area contributed by atoms with Crippen molar-refractivity contribution in [2.24, 2.45) is 10.2 Å². The van der Waals surface area contributed by atoms with Crippen molar-refractivity contribution in [1.29, 1.82) is 0 Å². The Hall–Kier alpha value is -2.86. The molecule has 4 rings (SSSR count). The van der Waals surface area contributed by atoms with Crippen LogP contribution in [0.25, 0.3) is 10.8 Å². The number of benzene rings is 2. The van der Waals surface area contributed by atoms with Gasteiger partial charge in [0.25, 0.3) is 0 Å². The zero-order valence-electron chi connectivity index (χ0n) is 13.3. The fraction of sp³-hybridized carbons (Fsp3) is 0.105. The van der Waals surface area contributed by atoms with E-state index in [-0.39, 0.29) is 5.91 Å². The zero-order chi connectivity index (χ0) is 17.1. The van der Waals surface area contributed by atoms with Crippen LogP contribution < -0.4 is 0 Å². The Morgan fingerprint density at radius 3 is 2.88 bits per heavy atom. The first kappa shape index (κ1) is 15.7. The number of fused-ring (bicyclic) bond motifs is 1. The van der Waals surface area contributed by atoms with Crippen LogP contribution in [0, 0.1) is 0 Å². The Kier molecular flexibility index (Phi) is 4.35. The number of amides is 1. The van der Waals surface area contributed by atoms with Crippen LogP contribution in [-0.4, -0.2) is 27.9 Å². The largest absolute Gasteiger partial charge is 0.463 e. The molecule has 0 aliphatic carbocycles. The van der Waals surface area contributed by atoms with E-state index < -0.39 is 0 Å². The van der Waals surface area contributed by atoms with Crippen LogP contribution >= 0.6 is 11.8 Å². The van der Waals surface area contributed by atoms with Crippen LogP contribution in [0.5, 0.6) is 0 Å². The number of hydrogen-bond acceptors (Lipinski definition) is 5. The summed E-state index contributed by atoms with van der Waals surface area (Å²) in [4.78, 5) is 14.0. The van der Waals surface area contributed by atoms with Gasteiger partial charge in [0, 0.05) is 0 Å². The van der Waals surface area contributed by atoms with Crippen LogP contribution in [-0.2, 0) is 11.3 Å². The van der Waals surface area contributed by atoms with Crippen molar-refractivity contribution in [3.05, 3.63) is 72.2 Å². The van der Waals surface area contributed by atoms with Gasteiger partial charge >= 0.3 is 0 Å². The molecule has 5 nitrogen and oxygen atoms in total. The van der Waals surface area contributed by atoms with Gasteiger partial charge in [-0.1, -0.05) is 54.2 Å². The van der Waals surface area contributed by atoms with E-state index in [1.54, 1.807) is 23.3 Å². The lowest BCUT2D eigenvalue weighted by atomic mass is 10.0. The Morgan fingerprint density at radius 2 is 2.00 bits per heavy atom. The minimum atomic E-state index is 0.0462.